The fourth-order valence-electron chi connectivity index (χ4n) is 3.01. The molecule has 2 heterocycles. The highest BCUT2D eigenvalue weighted by Crippen LogP contribution is 2.27. The number of benzene rings is 2. The molecule has 2 N–H and O–H groups in total. The van der Waals surface area contributed by atoms with Gasteiger partial charge in [-0.3, -0.25) is 9.52 Å². The van der Waals surface area contributed by atoms with Crippen LogP contribution >= 0.6 is 23.1 Å². The number of anilines is 2. The molecule has 0 saturated heterocycles. The van der Waals surface area contributed by atoms with Gasteiger partial charge < -0.3 is 14.5 Å². The van der Waals surface area contributed by atoms with Gasteiger partial charge in [-0.15, -0.1) is 10.2 Å². The van der Waals surface area contributed by atoms with Gasteiger partial charge in [0.1, 0.15) is 4.88 Å². The van der Waals surface area contributed by atoms with E-state index in [1.807, 2.05) is 6.92 Å². The van der Waals surface area contributed by atoms with Crippen molar-refractivity contribution < 1.29 is 27.2 Å². The number of sulfonamides is 1. The van der Waals surface area contributed by atoms with Crippen LogP contribution in [0.25, 0.3) is 11.5 Å². The molecule has 0 atom stereocenters. The Hall–Kier alpha value is -3.75. The second kappa shape index (κ2) is 11.1. The van der Waals surface area contributed by atoms with E-state index >= 15 is 0 Å². The number of rotatable bonds is 9. The van der Waals surface area contributed by atoms with Crippen LogP contribution in [0.1, 0.15) is 20.9 Å². The molecule has 1 amide bonds. The number of carbonyl (C=O) groups is 2. The number of amides is 1. The van der Waals surface area contributed by atoms with Gasteiger partial charge in [-0.1, -0.05) is 40.8 Å². The maximum absolute atomic E-state index is 12.6. The number of methoxy groups -OCH3 is 1. The Kier molecular flexibility index (Phi) is 7.90. The Bertz CT molecular complexity index is 1530. The molecule has 0 bridgehead atoms. The van der Waals surface area contributed by atoms with E-state index in [0.717, 1.165) is 28.7 Å². The number of aromatic nitrogens is 3. The standard InChI is InChI=1S/C23H21N5O6S3/c1-13-4-10-17(11-5-13)37(31,32)28-16-8-6-15(7-9-16)20-26-27-23(34-20)35-12-18(29)25-22-24-14(2)19(36-22)21(30)33-3/h4-11,28H,12H2,1-3H3,(H,24,25,29). The van der Waals surface area contributed by atoms with Gasteiger partial charge in [-0.25, -0.2) is 18.2 Å². The predicted octanol–water partition coefficient (Wildman–Crippen LogP) is 4.13. The van der Waals surface area contributed by atoms with Crippen molar-refractivity contribution in [2.75, 3.05) is 22.9 Å². The van der Waals surface area contributed by atoms with E-state index < -0.39 is 16.0 Å². The topological polar surface area (TPSA) is 153 Å². The lowest BCUT2D eigenvalue weighted by Gasteiger charge is -2.08. The average molecular weight is 560 g/mol. The molecule has 14 heteroatoms. The molecule has 0 aliphatic rings. The van der Waals surface area contributed by atoms with E-state index in [9.17, 15) is 18.0 Å². The van der Waals surface area contributed by atoms with Crippen LogP contribution in [-0.2, 0) is 19.6 Å². The number of hydrogen-bond donors (Lipinski definition) is 2. The number of aryl methyl sites for hydroxylation is 2. The smallest absolute Gasteiger partial charge is 0.350 e. The summed E-state index contributed by atoms with van der Waals surface area (Å²) in [7, 11) is -2.44. The number of ether oxygens (including phenoxy) is 1. The summed E-state index contributed by atoms with van der Waals surface area (Å²) in [6.45, 7) is 3.53. The maximum Gasteiger partial charge on any atom is 0.350 e. The van der Waals surface area contributed by atoms with Crippen molar-refractivity contribution in [3.63, 3.8) is 0 Å². The van der Waals surface area contributed by atoms with Gasteiger partial charge in [0.05, 0.1) is 23.5 Å². The molecule has 4 aromatic rings. The third kappa shape index (κ3) is 6.53. The first-order valence-corrected chi connectivity index (χ1v) is 13.9. The monoisotopic (exact) mass is 559 g/mol. The van der Waals surface area contributed by atoms with Crippen molar-refractivity contribution in [2.45, 2.75) is 24.0 Å². The first-order chi connectivity index (χ1) is 17.6. The Morgan fingerprint density at radius 3 is 2.43 bits per heavy atom. The Labute approximate surface area is 220 Å². The number of carbonyl (C=O) groups excluding carboxylic acids is 2. The van der Waals surface area contributed by atoms with Crippen LogP contribution in [-0.4, -0.2) is 48.3 Å². The zero-order valence-corrected chi connectivity index (χ0v) is 22.3. The fraction of sp³-hybridized carbons (Fsp3) is 0.174. The van der Waals surface area contributed by atoms with Crippen LogP contribution in [0.3, 0.4) is 0 Å². The Balaban J connectivity index is 1.33. The summed E-state index contributed by atoms with van der Waals surface area (Å²) in [5, 5.41) is 11.0. The molecular weight excluding hydrogens is 538 g/mol. The molecule has 0 aliphatic heterocycles. The van der Waals surface area contributed by atoms with Crippen molar-refractivity contribution >= 4 is 55.8 Å². The van der Waals surface area contributed by atoms with E-state index in [1.54, 1.807) is 55.5 Å². The molecule has 0 radical (unpaired) electrons. The first kappa shape index (κ1) is 26.3. The zero-order chi connectivity index (χ0) is 26.6. The minimum absolute atomic E-state index is 0.0203. The van der Waals surface area contributed by atoms with Crippen LogP contribution in [0.5, 0.6) is 0 Å². The van der Waals surface area contributed by atoms with Gasteiger partial charge in [0.25, 0.3) is 15.2 Å². The lowest BCUT2D eigenvalue weighted by Crippen LogP contribution is -2.13. The Morgan fingerprint density at radius 1 is 1.05 bits per heavy atom. The maximum atomic E-state index is 12.6. The van der Waals surface area contributed by atoms with Gasteiger partial charge >= 0.3 is 5.97 Å². The van der Waals surface area contributed by atoms with Crippen molar-refractivity contribution in [1.82, 2.24) is 15.2 Å². The summed E-state index contributed by atoms with van der Waals surface area (Å²) in [4.78, 5) is 28.6. The highest BCUT2D eigenvalue weighted by Gasteiger charge is 2.18. The number of hydrogen-bond acceptors (Lipinski definition) is 11. The molecule has 11 nitrogen and oxygen atoms in total. The van der Waals surface area contributed by atoms with E-state index in [-0.39, 0.29) is 32.8 Å². The van der Waals surface area contributed by atoms with Gasteiger partial charge in [-0.05, 0) is 50.2 Å². The average Bonchev–Trinajstić information content (AvgIpc) is 3.49. The predicted molar refractivity (Wildman–Crippen MR) is 139 cm³/mol. The van der Waals surface area contributed by atoms with Gasteiger partial charge in [0.15, 0.2) is 5.13 Å². The second-order valence-corrected chi connectivity index (χ2v) is 11.2. The van der Waals surface area contributed by atoms with E-state index in [0.29, 0.717) is 21.8 Å². The minimum Gasteiger partial charge on any atom is -0.465 e. The third-order valence-corrected chi connectivity index (χ3v) is 8.13. The number of thioether (sulfide) groups is 1. The SMILES string of the molecule is COC(=O)c1sc(NC(=O)CSc2nnc(-c3ccc(NS(=O)(=O)c4ccc(C)cc4)cc3)o2)nc1C. The molecule has 4 rings (SSSR count). The second-order valence-electron chi connectivity index (χ2n) is 7.63. The summed E-state index contributed by atoms with van der Waals surface area (Å²) in [5.74, 6) is -0.678. The van der Waals surface area contributed by atoms with Gasteiger partial charge in [0.2, 0.25) is 11.8 Å². The third-order valence-electron chi connectivity index (χ3n) is 4.86. The van der Waals surface area contributed by atoms with Crippen molar-refractivity contribution in [3.8, 4) is 11.5 Å². The highest BCUT2D eigenvalue weighted by molar-refractivity contribution is 7.99. The molecule has 2 aromatic heterocycles. The summed E-state index contributed by atoms with van der Waals surface area (Å²) in [6.07, 6.45) is 0. The largest absolute Gasteiger partial charge is 0.465 e. The van der Waals surface area contributed by atoms with Crippen LogP contribution in [0.2, 0.25) is 0 Å². The van der Waals surface area contributed by atoms with E-state index in [1.165, 1.54) is 7.11 Å². The van der Waals surface area contributed by atoms with Crippen LogP contribution in [0, 0.1) is 13.8 Å². The molecule has 0 fully saturated rings. The molecule has 37 heavy (non-hydrogen) atoms. The van der Waals surface area contributed by atoms with E-state index in [4.69, 9.17) is 4.42 Å². The number of esters is 1. The van der Waals surface area contributed by atoms with Crippen molar-refractivity contribution in [3.05, 3.63) is 64.7 Å². The molecule has 0 aliphatic carbocycles. The molecule has 0 unspecified atom stereocenters. The highest BCUT2D eigenvalue weighted by atomic mass is 32.2. The van der Waals surface area contributed by atoms with E-state index in [2.05, 4.69) is 30.0 Å². The quantitative estimate of drug-likeness (QED) is 0.226. The lowest BCUT2D eigenvalue weighted by molar-refractivity contribution is -0.113. The van der Waals surface area contributed by atoms with Gasteiger partial charge in [-0.2, -0.15) is 0 Å². The van der Waals surface area contributed by atoms with Crippen LogP contribution in [0.15, 0.2) is 63.1 Å². The van der Waals surface area contributed by atoms with Gasteiger partial charge in [0, 0.05) is 11.3 Å². The van der Waals surface area contributed by atoms with Crippen LogP contribution in [0.4, 0.5) is 10.8 Å². The fourth-order valence-corrected chi connectivity index (χ4v) is 5.53. The lowest BCUT2D eigenvalue weighted by atomic mass is 10.2. The molecular formula is C23H21N5O6S3. The van der Waals surface area contributed by atoms with Crippen molar-refractivity contribution in [1.29, 1.82) is 0 Å². The normalized spacial score (nSPS) is 11.2. The van der Waals surface area contributed by atoms with Crippen LogP contribution < -0.4 is 10.0 Å². The van der Waals surface area contributed by atoms with Crippen molar-refractivity contribution in [2.24, 2.45) is 0 Å². The number of nitrogens with one attached hydrogen (secondary N) is 2. The summed E-state index contributed by atoms with van der Waals surface area (Å²) >= 11 is 2.06. The summed E-state index contributed by atoms with van der Waals surface area (Å²) in [5.41, 5.74) is 2.39. The molecule has 2 aromatic carbocycles. The molecule has 0 saturated carbocycles. The number of thiazole rings is 1. The number of nitrogens with zero attached hydrogens (tertiary/aromatic N) is 3. The Morgan fingerprint density at radius 2 is 1.76 bits per heavy atom. The minimum atomic E-state index is -3.72. The summed E-state index contributed by atoms with van der Waals surface area (Å²) in [6, 6.07) is 13.0. The zero-order valence-electron chi connectivity index (χ0n) is 19.8. The summed E-state index contributed by atoms with van der Waals surface area (Å²) < 4.78 is 38.0. The first-order valence-electron chi connectivity index (χ1n) is 10.7. The molecule has 192 valence electrons. The molecule has 0 spiro atoms.